The molecule has 1 amide bonds. The number of benzene rings is 1. The van der Waals surface area contributed by atoms with Crippen LogP contribution < -0.4 is 11.1 Å². The summed E-state index contributed by atoms with van der Waals surface area (Å²) in [4.78, 5) is 27.6. The highest BCUT2D eigenvalue weighted by Gasteiger charge is 2.18. The van der Waals surface area contributed by atoms with E-state index in [0.717, 1.165) is 16.8 Å². The quantitative estimate of drug-likeness (QED) is 0.522. The zero-order valence-electron chi connectivity index (χ0n) is 15.8. The maximum absolute atomic E-state index is 13.8. The third-order valence-electron chi connectivity index (χ3n) is 4.26. The predicted molar refractivity (Wildman–Crippen MR) is 101 cm³/mol. The number of aromatic nitrogens is 5. The lowest BCUT2D eigenvalue weighted by atomic mass is 10.2. The SMILES string of the molecule is Cn1nc(-c2cc(CF)n(-c3ccc(NC(=O)c4cccc(F)c4F)nc3)n2)oc1=O. The van der Waals surface area contributed by atoms with E-state index in [9.17, 15) is 22.8 Å². The third kappa shape index (κ3) is 3.82. The first-order chi connectivity index (χ1) is 14.9. The van der Waals surface area contributed by atoms with Crippen LogP contribution >= 0.6 is 0 Å². The van der Waals surface area contributed by atoms with Crippen LogP contribution in [0.5, 0.6) is 0 Å². The molecule has 0 saturated carbocycles. The number of nitrogens with one attached hydrogen (secondary N) is 1. The molecule has 0 unspecified atom stereocenters. The summed E-state index contributed by atoms with van der Waals surface area (Å²) < 4.78 is 47.7. The Morgan fingerprint density at radius 3 is 2.65 bits per heavy atom. The van der Waals surface area contributed by atoms with E-state index in [1.54, 1.807) is 0 Å². The highest BCUT2D eigenvalue weighted by Crippen LogP contribution is 2.21. The number of anilines is 1. The monoisotopic (exact) mass is 430 g/mol. The molecule has 0 spiro atoms. The molecule has 4 rings (SSSR count). The Kier molecular flexibility index (Phi) is 5.11. The van der Waals surface area contributed by atoms with Gasteiger partial charge >= 0.3 is 5.76 Å². The van der Waals surface area contributed by atoms with Gasteiger partial charge in [-0.25, -0.2) is 27.6 Å². The smallest absolute Gasteiger partial charge is 0.386 e. The zero-order valence-corrected chi connectivity index (χ0v) is 15.8. The van der Waals surface area contributed by atoms with Crippen molar-refractivity contribution in [2.45, 2.75) is 6.67 Å². The van der Waals surface area contributed by atoms with Gasteiger partial charge in [-0.2, -0.15) is 9.78 Å². The molecule has 31 heavy (non-hydrogen) atoms. The van der Waals surface area contributed by atoms with Crippen LogP contribution in [-0.4, -0.2) is 30.5 Å². The summed E-state index contributed by atoms with van der Waals surface area (Å²) in [5, 5.41) is 10.4. The van der Waals surface area contributed by atoms with Gasteiger partial charge in [0.2, 0.25) is 0 Å². The third-order valence-corrected chi connectivity index (χ3v) is 4.26. The van der Waals surface area contributed by atoms with Gasteiger partial charge in [-0.1, -0.05) is 6.07 Å². The van der Waals surface area contributed by atoms with Gasteiger partial charge < -0.3 is 9.73 Å². The van der Waals surface area contributed by atoms with Crippen molar-refractivity contribution in [3.63, 3.8) is 0 Å². The largest absolute Gasteiger partial charge is 0.437 e. The van der Waals surface area contributed by atoms with Gasteiger partial charge in [-0.15, -0.1) is 5.10 Å². The number of aryl methyl sites for hydroxylation is 1. The molecule has 12 heteroatoms. The van der Waals surface area contributed by atoms with Crippen molar-refractivity contribution in [1.82, 2.24) is 24.5 Å². The summed E-state index contributed by atoms with van der Waals surface area (Å²) >= 11 is 0. The lowest BCUT2D eigenvalue weighted by Gasteiger charge is -2.08. The molecule has 0 atom stereocenters. The van der Waals surface area contributed by atoms with Crippen molar-refractivity contribution >= 4 is 11.7 Å². The molecule has 3 heterocycles. The first-order valence-corrected chi connectivity index (χ1v) is 8.78. The number of hydrogen-bond donors (Lipinski definition) is 1. The van der Waals surface area contributed by atoms with Gasteiger partial charge in [0.05, 0.1) is 23.1 Å². The molecule has 3 aromatic heterocycles. The van der Waals surface area contributed by atoms with E-state index < -0.39 is 35.5 Å². The molecule has 0 fully saturated rings. The van der Waals surface area contributed by atoms with E-state index >= 15 is 0 Å². The van der Waals surface area contributed by atoms with Gasteiger partial charge in [-0.05, 0) is 30.3 Å². The number of rotatable bonds is 5. The van der Waals surface area contributed by atoms with E-state index in [4.69, 9.17) is 4.42 Å². The molecule has 0 saturated heterocycles. The fraction of sp³-hybridized carbons (Fsp3) is 0.105. The van der Waals surface area contributed by atoms with Gasteiger partial charge in [-0.3, -0.25) is 4.79 Å². The van der Waals surface area contributed by atoms with E-state index in [0.29, 0.717) is 5.69 Å². The maximum Gasteiger partial charge on any atom is 0.437 e. The van der Waals surface area contributed by atoms with Crippen LogP contribution in [0.25, 0.3) is 17.3 Å². The number of amides is 1. The molecule has 0 bridgehead atoms. The zero-order chi connectivity index (χ0) is 22.1. The lowest BCUT2D eigenvalue weighted by Crippen LogP contribution is -2.15. The van der Waals surface area contributed by atoms with Crippen LogP contribution in [0.4, 0.5) is 19.0 Å². The fourth-order valence-electron chi connectivity index (χ4n) is 2.74. The Morgan fingerprint density at radius 1 is 1.19 bits per heavy atom. The summed E-state index contributed by atoms with van der Waals surface area (Å²) in [7, 11) is 1.40. The Hall–Kier alpha value is -4.22. The molecule has 1 N–H and O–H groups in total. The Morgan fingerprint density at radius 2 is 2.00 bits per heavy atom. The summed E-state index contributed by atoms with van der Waals surface area (Å²) in [5.41, 5.74) is 0.152. The van der Waals surface area contributed by atoms with Crippen molar-refractivity contribution in [3.8, 4) is 17.3 Å². The van der Waals surface area contributed by atoms with E-state index in [1.165, 1.54) is 42.2 Å². The molecular weight excluding hydrogens is 417 g/mol. The van der Waals surface area contributed by atoms with Crippen molar-refractivity contribution in [2.24, 2.45) is 7.05 Å². The summed E-state index contributed by atoms with van der Waals surface area (Å²) in [5.74, 6) is -4.00. The highest BCUT2D eigenvalue weighted by atomic mass is 19.2. The Balaban J connectivity index is 1.59. The average Bonchev–Trinajstić information content (AvgIpc) is 3.34. The Bertz CT molecular complexity index is 1330. The minimum absolute atomic E-state index is 0.0577. The van der Waals surface area contributed by atoms with E-state index in [-0.39, 0.29) is 23.1 Å². The number of carbonyl (C=O) groups excluding carboxylic acids is 1. The van der Waals surface area contributed by atoms with Crippen molar-refractivity contribution in [2.75, 3.05) is 5.32 Å². The van der Waals surface area contributed by atoms with E-state index in [2.05, 4.69) is 20.5 Å². The standard InChI is InChI=1S/C19H13F3N6O3/c1-27-19(30)31-18(26-27)14-7-11(8-20)28(25-14)10-5-6-15(23-9-10)24-17(29)12-3-2-4-13(21)16(12)22/h2-7,9H,8H2,1H3,(H,23,24,29). The van der Waals surface area contributed by atoms with Crippen molar-refractivity contribution in [3.05, 3.63) is 76.0 Å². The second kappa shape index (κ2) is 7.89. The van der Waals surface area contributed by atoms with E-state index in [1.807, 2.05) is 0 Å². The van der Waals surface area contributed by atoms with Crippen LogP contribution in [0.1, 0.15) is 16.1 Å². The lowest BCUT2D eigenvalue weighted by molar-refractivity contribution is 0.102. The first kappa shape index (κ1) is 20.1. The van der Waals surface area contributed by atoms with Gasteiger partial charge in [0.1, 0.15) is 12.5 Å². The second-order valence-electron chi connectivity index (χ2n) is 6.32. The summed E-state index contributed by atoms with van der Waals surface area (Å²) in [6, 6.07) is 7.48. The molecule has 0 aliphatic carbocycles. The molecule has 1 aromatic carbocycles. The predicted octanol–water partition coefficient (Wildman–Crippen LogP) is 2.62. The molecular formula is C19H13F3N6O3. The van der Waals surface area contributed by atoms with Crippen LogP contribution in [0, 0.1) is 11.6 Å². The molecule has 0 aliphatic rings. The van der Waals surface area contributed by atoms with Gasteiger partial charge in [0, 0.05) is 7.05 Å². The molecule has 0 aliphatic heterocycles. The number of alkyl halides is 1. The number of nitrogens with zero attached hydrogens (tertiary/aromatic N) is 5. The topological polar surface area (TPSA) is 108 Å². The first-order valence-electron chi connectivity index (χ1n) is 8.78. The normalized spacial score (nSPS) is 11.0. The Labute approximate surface area is 171 Å². The summed E-state index contributed by atoms with van der Waals surface area (Å²) in [6.45, 7) is -0.874. The van der Waals surface area contributed by atoms with Crippen LogP contribution in [0.2, 0.25) is 0 Å². The molecule has 4 aromatic rings. The van der Waals surface area contributed by atoms with Gasteiger partial charge in [0.25, 0.3) is 11.8 Å². The fourth-order valence-corrected chi connectivity index (χ4v) is 2.74. The second-order valence-corrected chi connectivity index (χ2v) is 6.32. The summed E-state index contributed by atoms with van der Waals surface area (Å²) in [6.07, 6.45) is 1.29. The number of hydrogen-bond acceptors (Lipinski definition) is 6. The maximum atomic E-state index is 13.8. The average molecular weight is 430 g/mol. The van der Waals surface area contributed by atoms with Gasteiger partial charge in [0.15, 0.2) is 17.3 Å². The minimum Gasteiger partial charge on any atom is -0.386 e. The van der Waals surface area contributed by atoms with Crippen LogP contribution in [-0.2, 0) is 13.7 Å². The molecule has 0 radical (unpaired) electrons. The number of halogens is 3. The minimum atomic E-state index is -1.27. The van der Waals surface area contributed by atoms with Crippen molar-refractivity contribution in [1.29, 1.82) is 0 Å². The molecule has 9 nitrogen and oxygen atoms in total. The molecule has 158 valence electrons. The van der Waals surface area contributed by atoms with Crippen LogP contribution in [0.3, 0.4) is 0 Å². The number of carbonyl (C=O) groups is 1. The van der Waals surface area contributed by atoms with Crippen molar-refractivity contribution < 1.29 is 22.4 Å². The highest BCUT2D eigenvalue weighted by molar-refractivity contribution is 6.03. The number of pyridine rings is 1. The van der Waals surface area contributed by atoms with Crippen LogP contribution in [0.15, 0.2) is 51.8 Å².